The van der Waals surface area contributed by atoms with Crippen LogP contribution in [-0.4, -0.2) is 0 Å². The Morgan fingerprint density at radius 1 is 0.348 bits per heavy atom. The number of para-hydroxylation sites is 2. The van der Waals surface area contributed by atoms with E-state index in [2.05, 4.69) is 175 Å². The number of furan rings is 1. The quantitative estimate of drug-likeness (QED) is 0.199. The molecule has 0 amide bonds. The maximum atomic E-state index is 6.41. The minimum Gasteiger partial charge on any atom is -0.456 e. The number of hydrogen-bond acceptors (Lipinski definition) is 2. The van der Waals surface area contributed by atoms with Crippen LogP contribution in [0.25, 0.3) is 65.7 Å². The summed E-state index contributed by atoms with van der Waals surface area (Å²) in [7, 11) is 0. The molecule has 0 aliphatic heterocycles. The minimum atomic E-state index is 0.906. The Hall–Kier alpha value is -6.12. The molecule has 9 rings (SSSR count). The first-order valence-corrected chi connectivity index (χ1v) is 15.7. The summed E-state index contributed by atoms with van der Waals surface area (Å²) in [6, 6.07) is 62.8. The zero-order valence-electron chi connectivity index (χ0n) is 25.1. The predicted molar refractivity (Wildman–Crippen MR) is 194 cm³/mol. The van der Waals surface area contributed by atoms with E-state index in [9.17, 15) is 0 Å². The molecule has 0 atom stereocenters. The highest BCUT2D eigenvalue weighted by molar-refractivity contribution is 6.22. The van der Waals surface area contributed by atoms with Gasteiger partial charge in [0.2, 0.25) is 0 Å². The monoisotopic (exact) mass is 587 g/mol. The molecular formula is C44H29NO. The molecule has 0 fully saturated rings. The summed E-state index contributed by atoms with van der Waals surface area (Å²) in [5.74, 6) is 0. The molecule has 0 aliphatic carbocycles. The van der Waals surface area contributed by atoms with E-state index >= 15 is 0 Å². The molecule has 0 saturated heterocycles. The fraction of sp³-hybridized carbons (Fsp3) is 0. The predicted octanol–water partition coefficient (Wildman–Crippen LogP) is 12.7. The molecule has 0 radical (unpaired) electrons. The molecule has 216 valence electrons. The van der Waals surface area contributed by atoms with E-state index in [1.54, 1.807) is 0 Å². The smallest absolute Gasteiger partial charge is 0.136 e. The summed E-state index contributed by atoms with van der Waals surface area (Å²) in [5, 5.41) is 7.15. The van der Waals surface area contributed by atoms with Crippen LogP contribution in [-0.2, 0) is 0 Å². The summed E-state index contributed by atoms with van der Waals surface area (Å²) in [6.07, 6.45) is 0. The summed E-state index contributed by atoms with van der Waals surface area (Å²) >= 11 is 0. The average Bonchev–Trinajstić information content (AvgIpc) is 3.51. The van der Waals surface area contributed by atoms with Gasteiger partial charge in [-0.15, -0.1) is 0 Å². The molecular weight excluding hydrogens is 558 g/mol. The lowest BCUT2D eigenvalue weighted by Gasteiger charge is -2.26. The third kappa shape index (κ3) is 4.43. The topological polar surface area (TPSA) is 16.4 Å². The van der Waals surface area contributed by atoms with Crippen molar-refractivity contribution in [3.63, 3.8) is 0 Å². The number of rotatable bonds is 5. The van der Waals surface area contributed by atoms with Crippen molar-refractivity contribution in [1.82, 2.24) is 0 Å². The first kappa shape index (κ1) is 26.3. The normalized spacial score (nSPS) is 11.5. The average molecular weight is 588 g/mol. The maximum Gasteiger partial charge on any atom is 0.136 e. The lowest BCUT2D eigenvalue weighted by atomic mass is 9.94. The molecule has 2 nitrogen and oxygen atoms in total. The first-order valence-electron chi connectivity index (χ1n) is 15.7. The zero-order chi connectivity index (χ0) is 30.5. The van der Waals surface area contributed by atoms with Crippen LogP contribution < -0.4 is 4.90 Å². The Morgan fingerprint density at radius 2 is 1.02 bits per heavy atom. The molecule has 9 aromatic rings. The summed E-state index contributed by atoms with van der Waals surface area (Å²) < 4.78 is 6.41. The van der Waals surface area contributed by atoms with E-state index in [4.69, 9.17) is 4.42 Å². The number of nitrogens with zero attached hydrogens (tertiary/aromatic N) is 1. The van der Waals surface area contributed by atoms with E-state index in [0.29, 0.717) is 0 Å². The largest absolute Gasteiger partial charge is 0.456 e. The maximum absolute atomic E-state index is 6.41. The van der Waals surface area contributed by atoms with E-state index < -0.39 is 0 Å². The van der Waals surface area contributed by atoms with Crippen LogP contribution in [0.3, 0.4) is 0 Å². The van der Waals surface area contributed by atoms with Crippen LogP contribution in [0.1, 0.15) is 0 Å². The molecule has 0 unspecified atom stereocenters. The van der Waals surface area contributed by atoms with E-state index in [-0.39, 0.29) is 0 Å². The standard InChI is InChI=1S/C44H29NO/c1-3-13-31(14-4-1)40-29-43-44(39-20-9-10-21-42(39)46-43)38-25-24-37(28-41(38)40)45(35-17-5-2-6-18-35)36-19-11-16-33(27-36)34-23-22-30-12-7-8-15-32(30)26-34/h1-29H. The molecule has 2 heteroatoms. The van der Waals surface area contributed by atoms with Gasteiger partial charge >= 0.3 is 0 Å². The molecule has 0 aliphatic rings. The number of hydrogen-bond donors (Lipinski definition) is 0. The number of benzene rings is 8. The van der Waals surface area contributed by atoms with Crippen molar-refractivity contribution in [3.05, 3.63) is 176 Å². The highest BCUT2D eigenvalue weighted by Crippen LogP contribution is 2.44. The Balaban J connectivity index is 1.27. The zero-order valence-corrected chi connectivity index (χ0v) is 25.1. The van der Waals surface area contributed by atoms with E-state index in [1.807, 2.05) is 6.07 Å². The van der Waals surface area contributed by atoms with Crippen LogP contribution in [0.2, 0.25) is 0 Å². The first-order chi connectivity index (χ1) is 22.8. The Labute approximate surface area is 267 Å². The second-order valence-corrected chi connectivity index (χ2v) is 11.8. The van der Waals surface area contributed by atoms with Gasteiger partial charge in [0.05, 0.1) is 0 Å². The molecule has 46 heavy (non-hydrogen) atoms. The minimum absolute atomic E-state index is 0.906. The Bertz CT molecular complexity index is 2530. The van der Waals surface area contributed by atoms with Crippen LogP contribution in [0.15, 0.2) is 180 Å². The van der Waals surface area contributed by atoms with Crippen molar-refractivity contribution in [1.29, 1.82) is 0 Å². The van der Waals surface area contributed by atoms with Gasteiger partial charge in [-0.2, -0.15) is 0 Å². The Morgan fingerprint density at radius 3 is 1.89 bits per heavy atom. The molecule has 1 heterocycles. The van der Waals surface area contributed by atoms with Gasteiger partial charge in [-0.05, 0) is 98.4 Å². The van der Waals surface area contributed by atoms with Crippen LogP contribution >= 0.6 is 0 Å². The third-order valence-corrected chi connectivity index (χ3v) is 9.01. The van der Waals surface area contributed by atoms with Gasteiger partial charge in [0.1, 0.15) is 11.2 Å². The Kier molecular flexibility index (Phi) is 6.17. The lowest BCUT2D eigenvalue weighted by molar-refractivity contribution is 0.669. The van der Waals surface area contributed by atoms with Crippen molar-refractivity contribution >= 4 is 60.5 Å². The van der Waals surface area contributed by atoms with Crippen LogP contribution in [0, 0.1) is 0 Å². The van der Waals surface area contributed by atoms with Crippen molar-refractivity contribution in [3.8, 4) is 22.3 Å². The van der Waals surface area contributed by atoms with Gasteiger partial charge in [-0.1, -0.05) is 121 Å². The highest BCUT2D eigenvalue weighted by Gasteiger charge is 2.19. The molecule has 1 aromatic heterocycles. The fourth-order valence-electron chi connectivity index (χ4n) is 6.84. The van der Waals surface area contributed by atoms with Crippen molar-refractivity contribution < 1.29 is 4.42 Å². The fourth-order valence-corrected chi connectivity index (χ4v) is 6.84. The molecule has 0 bridgehead atoms. The summed E-state index contributed by atoms with van der Waals surface area (Å²) in [4.78, 5) is 2.36. The van der Waals surface area contributed by atoms with Gasteiger partial charge in [0.25, 0.3) is 0 Å². The van der Waals surface area contributed by atoms with Crippen LogP contribution in [0.5, 0.6) is 0 Å². The second-order valence-electron chi connectivity index (χ2n) is 11.8. The highest BCUT2D eigenvalue weighted by atomic mass is 16.3. The summed E-state index contributed by atoms with van der Waals surface area (Å²) in [6.45, 7) is 0. The SMILES string of the molecule is c1ccc(-c2cc3oc4ccccc4c3c3ccc(N(c4ccccc4)c4cccc(-c5ccc6ccccc6c5)c4)cc23)cc1. The van der Waals surface area contributed by atoms with Gasteiger partial charge in [0, 0.05) is 27.8 Å². The molecule has 0 spiro atoms. The third-order valence-electron chi connectivity index (χ3n) is 9.01. The van der Waals surface area contributed by atoms with Gasteiger partial charge in [0.15, 0.2) is 0 Å². The number of fused-ring (bicyclic) bond motifs is 6. The second kappa shape index (κ2) is 10.8. The van der Waals surface area contributed by atoms with Gasteiger partial charge in [-0.25, -0.2) is 0 Å². The van der Waals surface area contributed by atoms with Crippen molar-refractivity contribution in [2.24, 2.45) is 0 Å². The molecule has 8 aromatic carbocycles. The van der Waals surface area contributed by atoms with Crippen molar-refractivity contribution in [2.75, 3.05) is 4.90 Å². The van der Waals surface area contributed by atoms with Gasteiger partial charge in [-0.3, -0.25) is 0 Å². The molecule has 0 N–H and O–H groups in total. The van der Waals surface area contributed by atoms with Crippen LogP contribution in [0.4, 0.5) is 17.1 Å². The van der Waals surface area contributed by atoms with Gasteiger partial charge < -0.3 is 9.32 Å². The number of anilines is 3. The van der Waals surface area contributed by atoms with E-state index in [1.165, 1.54) is 32.7 Å². The summed E-state index contributed by atoms with van der Waals surface area (Å²) in [5.41, 5.74) is 9.82. The molecule has 0 saturated carbocycles. The van der Waals surface area contributed by atoms with Crippen molar-refractivity contribution in [2.45, 2.75) is 0 Å². The lowest BCUT2D eigenvalue weighted by Crippen LogP contribution is -2.10. The van der Waals surface area contributed by atoms with E-state index in [0.717, 1.165) is 50.1 Å².